The minimum Gasteiger partial charge on any atom is -0.416 e. The molecule has 1 amide bonds. The third-order valence-electron chi connectivity index (χ3n) is 4.62. The van der Waals surface area contributed by atoms with Gasteiger partial charge in [-0.25, -0.2) is 0 Å². The average molecular weight is 384 g/mol. The van der Waals surface area contributed by atoms with Crippen LogP contribution in [0.25, 0.3) is 22.9 Å². The highest BCUT2D eigenvalue weighted by Gasteiger charge is 2.14. The van der Waals surface area contributed by atoms with Gasteiger partial charge in [-0.1, -0.05) is 23.8 Å². The molecule has 0 aliphatic rings. The van der Waals surface area contributed by atoms with Gasteiger partial charge in [0, 0.05) is 29.1 Å². The van der Waals surface area contributed by atoms with Gasteiger partial charge in [0.25, 0.3) is 5.91 Å². The van der Waals surface area contributed by atoms with Crippen LogP contribution < -0.4 is 5.32 Å². The Balaban J connectivity index is 1.47. The molecule has 4 aromatic rings. The molecule has 0 aliphatic heterocycles. The Morgan fingerprint density at radius 3 is 2.41 bits per heavy atom. The standard InChI is InChI=1S/C23H20N4O2/c1-15-5-3-6-19(13-15)23-27-26-22(29-23)18-10-8-17(9-11-18)21(28)25-16(2)20-7-4-12-24-14-20/h3-14,16H,1-2H3,(H,25,28). The number of rotatable bonds is 5. The van der Waals surface area contributed by atoms with Crippen molar-refractivity contribution in [3.8, 4) is 22.9 Å². The van der Waals surface area contributed by atoms with Crippen LogP contribution in [0.2, 0.25) is 0 Å². The number of hydrogen-bond acceptors (Lipinski definition) is 5. The quantitative estimate of drug-likeness (QED) is 0.544. The molecule has 144 valence electrons. The lowest BCUT2D eigenvalue weighted by molar-refractivity contribution is 0.0940. The van der Waals surface area contributed by atoms with Gasteiger partial charge in [0.2, 0.25) is 11.8 Å². The van der Waals surface area contributed by atoms with E-state index in [9.17, 15) is 4.79 Å². The summed E-state index contributed by atoms with van der Waals surface area (Å²) in [5, 5.41) is 11.2. The Bertz CT molecular complexity index is 1120. The summed E-state index contributed by atoms with van der Waals surface area (Å²) in [6, 6.07) is 18.6. The van der Waals surface area contributed by atoms with Crippen molar-refractivity contribution in [2.75, 3.05) is 0 Å². The van der Waals surface area contributed by atoms with Crippen LogP contribution in [0.5, 0.6) is 0 Å². The fraction of sp³-hybridized carbons (Fsp3) is 0.130. The summed E-state index contributed by atoms with van der Waals surface area (Å²) in [5.41, 5.74) is 4.27. The first-order chi connectivity index (χ1) is 14.1. The van der Waals surface area contributed by atoms with Crippen LogP contribution in [0.3, 0.4) is 0 Å². The highest BCUT2D eigenvalue weighted by molar-refractivity contribution is 5.94. The molecule has 4 rings (SSSR count). The fourth-order valence-corrected chi connectivity index (χ4v) is 2.99. The van der Waals surface area contributed by atoms with Crippen LogP contribution in [-0.4, -0.2) is 21.1 Å². The summed E-state index contributed by atoms with van der Waals surface area (Å²) in [5.74, 6) is 0.729. The van der Waals surface area contributed by atoms with Crippen molar-refractivity contribution in [1.82, 2.24) is 20.5 Å². The Labute approximate surface area is 168 Å². The van der Waals surface area contributed by atoms with Crippen molar-refractivity contribution < 1.29 is 9.21 Å². The van der Waals surface area contributed by atoms with Crippen LogP contribution >= 0.6 is 0 Å². The normalized spacial score (nSPS) is 11.8. The van der Waals surface area contributed by atoms with E-state index in [4.69, 9.17) is 4.42 Å². The second-order valence-corrected chi connectivity index (χ2v) is 6.84. The van der Waals surface area contributed by atoms with Gasteiger partial charge in [-0.15, -0.1) is 10.2 Å². The number of hydrogen-bond donors (Lipinski definition) is 1. The molecule has 6 heteroatoms. The van der Waals surface area contributed by atoms with Crippen molar-refractivity contribution in [3.05, 3.63) is 89.7 Å². The summed E-state index contributed by atoms with van der Waals surface area (Å²) in [6.45, 7) is 3.94. The fourth-order valence-electron chi connectivity index (χ4n) is 2.99. The van der Waals surface area contributed by atoms with Crippen molar-refractivity contribution in [3.63, 3.8) is 0 Å². The van der Waals surface area contributed by atoms with Gasteiger partial charge in [-0.2, -0.15) is 0 Å². The summed E-state index contributed by atoms with van der Waals surface area (Å²) >= 11 is 0. The molecular formula is C23H20N4O2. The molecule has 2 aromatic heterocycles. The molecule has 29 heavy (non-hydrogen) atoms. The number of aryl methyl sites for hydroxylation is 1. The monoisotopic (exact) mass is 384 g/mol. The van der Waals surface area contributed by atoms with E-state index in [-0.39, 0.29) is 11.9 Å². The Hall–Kier alpha value is -3.80. The van der Waals surface area contributed by atoms with E-state index in [0.29, 0.717) is 17.3 Å². The first kappa shape index (κ1) is 18.6. The maximum atomic E-state index is 12.5. The molecule has 0 bridgehead atoms. The molecule has 1 atom stereocenters. The molecule has 1 unspecified atom stereocenters. The molecule has 2 aromatic carbocycles. The first-order valence-electron chi connectivity index (χ1n) is 9.32. The number of nitrogens with zero attached hydrogens (tertiary/aromatic N) is 3. The van der Waals surface area contributed by atoms with Crippen LogP contribution in [0.1, 0.15) is 34.5 Å². The summed E-state index contributed by atoms with van der Waals surface area (Å²) in [7, 11) is 0. The van der Waals surface area contributed by atoms with E-state index >= 15 is 0 Å². The molecular weight excluding hydrogens is 364 g/mol. The SMILES string of the molecule is Cc1cccc(-c2nnc(-c3ccc(C(=O)NC(C)c4cccnc4)cc3)o2)c1. The predicted octanol–water partition coefficient (Wildman–Crippen LogP) is 4.60. The highest BCUT2D eigenvalue weighted by Crippen LogP contribution is 2.24. The van der Waals surface area contributed by atoms with E-state index < -0.39 is 0 Å². The number of carbonyl (C=O) groups excluding carboxylic acids is 1. The van der Waals surface area contributed by atoms with Gasteiger partial charge in [0.15, 0.2) is 0 Å². The molecule has 1 N–H and O–H groups in total. The summed E-state index contributed by atoms with van der Waals surface area (Å²) < 4.78 is 5.80. The third-order valence-corrected chi connectivity index (χ3v) is 4.62. The number of aromatic nitrogens is 3. The van der Waals surface area contributed by atoms with Gasteiger partial charge in [-0.05, 0) is 61.9 Å². The number of carbonyl (C=O) groups is 1. The molecule has 6 nitrogen and oxygen atoms in total. The van der Waals surface area contributed by atoms with Crippen molar-refractivity contribution in [2.24, 2.45) is 0 Å². The van der Waals surface area contributed by atoms with E-state index in [1.54, 1.807) is 36.7 Å². The van der Waals surface area contributed by atoms with Gasteiger partial charge in [-0.3, -0.25) is 9.78 Å². The Morgan fingerprint density at radius 2 is 1.72 bits per heavy atom. The van der Waals surface area contributed by atoms with E-state index in [1.165, 1.54) is 0 Å². The molecule has 2 heterocycles. The Kier molecular flexibility index (Phi) is 5.16. The largest absolute Gasteiger partial charge is 0.416 e. The number of amides is 1. The molecule has 0 spiro atoms. The Morgan fingerprint density at radius 1 is 0.966 bits per heavy atom. The van der Waals surface area contributed by atoms with Crippen LogP contribution in [0.4, 0.5) is 0 Å². The lowest BCUT2D eigenvalue weighted by Gasteiger charge is -2.13. The first-order valence-corrected chi connectivity index (χ1v) is 9.32. The number of benzene rings is 2. The van der Waals surface area contributed by atoms with Gasteiger partial charge in [0.1, 0.15) is 0 Å². The van der Waals surface area contributed by atoms with E-state index in [0.717, 1.165) is 22.3 Å². The zero-order valence-corrected chi connectivity index (χ0v) is 16.2. The minimum atomic E-state index is -0.154. The predicted molar refractivity (Wildman–Crippen MR) is 110 cm³/mol. The van der Waals surface area contributed by atoms with E-state index in [1.807, 2.05) is 50.2 Å². The van der Waals surface area contributed by atoms with Crippen molar-refractivity contribution >= 4 is 5.91 Å². The lowest BCUT2D eigenvalue weighted by Crippen LogP contribution is -2.26. The van der Waals surface area contributed by atoms with Crippen molar-refractivity contribution in [2.45, 2.75) is 19.9 Å². The lowest BCUT2D eigenvalue weighted by atomic mass is 10.1. The van der Waals surface area contributed by atoms with Gasteiger partial charge < -0.3 is 9.73 Å². The maximum Gasteiger partial charge on any atom is 0.251 e. The third kappa shape index (κ3) is 4.21. The topological polar surface area (TPSA) is 80.9 Å². The summed E-state index contributed by atoms with van der Waals surface area (Å²) in [4.78, 5) is 16.6. The molecule has 0 saturated carbocycles. The summed E-state index contributed by atoms with van der Waals surface area (Å²) in [6.07, 6.45) is 3.45. The zero-order valence-electron chi connectivity index (χ0n) is 16.2. The van der Waals surface area contributed by atoms with Crippen LogP contribution in [0, 0.1) is 6.92 Å². The van der Waals surface area contributed by atoms with E-state index in [2.05, 4.69) is 20.5 Å². The molecule has 0 fully saturated rings. The second-order valence-electron chi connectivity index (χ2n) is 6.84. The number of pyridine rings is 1. The van der Waals surface area contributed by atoms with Crippen LogP contribution in [-0.2, 0) is 0 Å². The maximum absolute atomic E-state index is 12.5. The minimum absolute atomic E-state index is 0.135. The highest BCUT2D eigenvalue weighted by atomic mass is 16.4. The number of nitrogens with one attached hydrogen (secondary N) is 1. The zero-order chi connectivity index (χ0) is 20.2. The molecule has 0 radical (unpaired) electrons. The smallest absolute Gasteiger partial charge is 0.251 e. The second kappa shape index (κ2) is 8.06. The van der Waals surface area contributed by atoms with Gasteiger partial charge >= 0.3 is 0 Å². The molecule has 0 saturated heterocycles. The average Bonchev–Trinajstić information content (AvgIpc) is 3.25. The van der Waals surface area contributed by atoms with Crippen molar-refractivity contribution in [1.29, 1.82) is 0 Å². The van der Waals surface area contributed by atoms with Gasteiger partial charge in [0.05, 0.1) is 6.04 Å². The molecule has 0 aliphatic carbocycles. The van der Waals surface area contributed by atoms with Crippen LogP contribution in [0.15, 0.2) is 77.5 Å².